The number of allylic oxidation sites excluding steroid dienone is 28. The summed E-state index contributed by atoms with van der Waals surface area (Å²) in [4.78, 5) is 72.8. The number of aliphatic hydroxyl groups is 1. The summed E-state index contributed by atoms with van der Waals surface area (Å²) in [5.74, 6) is -2.34. The van der Waals surface area contributed by atoms with E-state index in [1.165, 1.54) is 0 Å². The topological polar surface area (TPSA) is 237 Å². The summed E-state index contributed by atoms with van der Waals surface area (Å²) < 4.78 is 68.3. The molecule has 0 aliphatic carbocycles. The summed E-state index contributed by atoms with van der Waals surface area (Å²) in [5.41, 5.74) is 0. The first-order chi connectivity index (χ1) is 48.7. The standard InChI is InChI=1S/C81H130O17P2/c1-5-9-13-17-21-25-29-33-36-37-40-43-46-50-54-58-62-66-79(84)92-71-76(97-80(85)67-63-59-55-51-47-41-32-28-24-20-16-12-8-4)73-95-99(87,88)93-69-75(82)70-94-100(89,90)96-74-77(98-81(86)68-64-60-56-52-48-44-39-35-31-27-23-19-15-11-7-3)72-91-78(83)65-61-57-53-49-45-42-38-34-30-26-22-18-14-10-6-2/h9-11,13-16,20-23,25-28,32-36,38-40,43,45,49-50,54,75-77,82H,5-8,12,17-19,24,29-31,37,41-42,44,46-48,51-53,55-74H2,1-4H3,(H,87,88)(H,89,90)/b13-9-,14-10-,15-11-,20-16-,25-21-,26-22-,27-23-,32-28-,36-33-,38-34-,39-35-,43-40-,49-45-,54-50-. The van der Waals surface area contributed by atoms with Crippen LogP contribution in [0.15, 0.2) is 170 Å². The van der Waals surface area contributed by atoms with Gasteiger partial charge in [0.05, 0.1) is 26.4 Å². The van der Waals surface area contributed by atoms with Crippen molar-refractivity contribution in [3.8, 4) is 0 Å². The summed E-state index contributed by atoms with van der Waals surface area (Å²) in [6.07, 6.45) is 83.6. The van der Waals surface area contributed by atoms with Crippen LogP contribution >= 0.6 is 15.6 Å². The van der Waals surface area contributed by atoms with E-state index in [-0.39, 0.29) is 25.7 Å². The molecule has 0 radical (unpaired) electrons. The number of esters is 4. The zero-order chi connectivity index (χ0) is 73.2. The van der Waals surface area contributed by atoms with Crippen LogP contribution in [0.5, 0.6) is 0 Å². The van der Waals surface area contributed by atoms with Crippen molar-refractivity contribution in [2.75, 3.05) is 39.6 Å². The Labute approximate surface area is 603 Å². The number of carbonyl (C=O) groups is 4. The van der Waals surface area contributed by atoms with Gasteiger partial charge in [-0.15, -0.1) is 0 Å². The van der Waals surface area contributed by atoms with Gasteiger partial charge in [0, 0.05) is 25.7 Å². The average molecular weight is 1440 g/mol. The first-order valence-electron chi connectivity index (χ1n) is 37.4. The summed E-state index contributed by atoms with van der Waals surface area (Å²) >= 11 is 0. The highest BCUT2D eigenvalue weighted by Crippen LogP contribution is 2.45. The van der Waals surface area contributed by atoms with Crippen LogP contribution in [0.1, 0.15) is 259 Å². The number of phosphoric ester groups is 2. The number of hydrogen-bond acceptors (Lipinski definition) is 15. The molecule has 566 valence electrons. The van der Waals surface area contributed by atoms with Crippen LogP contribution in [0.25, 0.3) is 0 Å². The minimum absolute atomic E-state index is 0.0585. The predicted molar refractivity (Wildman–Crippen MR) is 408 cm³/mol. The normalized spacial score (nSPS) is 14.9. The van der Waals surface area contributed by atoms with E-state index in [1.807, 2.05) is 12.2 Å². The minimum atomic E-state index is -5.00. The second-order valence-electron chi connectivity index (χ2n) is 24.1. The van der Waals surface area contributed by atoms with Gasteiger partial charge in [-0.05, 0) is 161 Å². The molecule has 0 bridgehead atoms. The van der Waals surface area contributed by atoms with Gasteiger partial charge >= 0.3 is 39.5 Å². The second kappa shape index (κ2) is 71.8. The fourth-order valence-corrected chi connectivity index (χ4v) is 10.6. The third-order valence-corrected chi connectivity index (χ3v) is 16.5. The zero-order valence-corrected chi connectivity index (χ0v) is 63.3. The molecular weight excluding hydrogens is 1310 g/mol. The van der Waals surface area contributed by atoms with Gasteiger partial charge in [-0.3, -0.25) is 37.3 Å². The fourth-order valence-electron chi connectivity index (χ4n) is 9.06. The summed E-state index contributed by atoms with van der Waals surface area (Å²) in [6.45, 7) is 4.28. The Bertz CT molecular complexity index is 2570. The van der Waals surface area contributed by atoms with Crippen LogP contribution in [-0.4, -0.2) is 96.7 Å². The molecule has 17 nitrogen and oxygen atoms in total. The van der Waals surface area contributed by atoms with Crippen molar-refractivity contribution in [1.29, 1.82) is 0 Å². The van der Waals surface area contributed by atoms with Crippen molar-refractivity contribution in [2.45, 2.75) is 277 Å². The van der Waals surface area contributed by atoms with Gasteiger partial charge in [0.15, 0.2) is 12.2 Å². The van der Waals surface area contributed by atoms with Crippen molar-refractivity contribution < 1.29 is 80.2 Å². The maximum atomic E-state index is 13.1. The smallest absolute Gasteiger partial charge is 0.462 e. The third-order valence-electron chi connectivity index (χ3n) is 14.6. The quantitative estimate of drug-likeness (QED) is 0.0169. The van der Waals surface area contributed by atoms with Gasteiger partial charge in [0.25, 0.3) is 0 Å². The number of aliphatic hydroxyl groups excluding tert-OH is 1. The molecule has 3 N–H and O–H groups in total. The van der Waals surface area contributed by atoms with Crippen molar-refractivity contribution in [1.82, 2.24) is 0 Å². The Morgan fingerprint density at radius 3 is 0.860 bits per heavy atom. The van der Waals surface area contributed by atoms with Crippen LogP contribution in [-0.2, 0) is 65.4 Å². The number of rotatable bonds is 68. The Balaban J connectivity index is 5.47. The van der Waals surface area contributed by atoms with E-state index in [9.17, 15) is 43.2 Å². The Hall–Kier alpha value is -5.58. The van der Waals surface area contributed by atoms with Gasteiger partial charge in [0.2, 0.25) is 0 Å². The molecular formula is C81H130O17P2. The minimum Gasteiger partial charge on any atom is -0.462 e. The zero-order valence-electron chi connectivity index (χ0n) is 61.5. The molecule has 0 aliphatic rings. The molecule has 19 heteroatoms. The molecule has 0 spiro atoms. The molecule has 0 aromatic carbocycles. The monoisotopic (exact) mass is 1440 g/mol. The molecule has 0 aliphatic heterocycles. The lowest BCUT2D eigenvalue weighted by molar-refractivity contribution is -0.161. The van der Waals surface area contributed by atoms with E-state index in [4.69, 9.17) is 37.0 Å². The summed E-state index contributed by atoms with van der Waals surface area (Å²) in [6, 6.07) is 0. The highest BCUT2D eigenvalue weighted by molar-refractivity contribution is 7.47. The number of carbonyl (C=O) groups excluding carboxylic acids is 4. The highest BCUT2D eigenvalue weighted by Gasteiger charge is 2.30. The van der Waals surface area contributed by atoms with Crippen LogP contribution in [0, 0.1) is 0 Å². The van der Waals surface area contributed by atoms with Crippen molar-refractivity contribution >= 4 is 39.5 Å². The average Bonchev–Trinajstić information content (AvgIpc) is 0.965. The van der Waals surface area contributed by atoms with E-state index in [1.54, 1.807) is 0 Å². The second-order valence-corrected chi connectivity index (χ2v) is 27.0. The SMILES string of the molecule is CC/C=C\C/C=C\C/C=C\C/C=C\C/C=C\CCCC(=O)OCC(COP(=O)(O)OCC(O)COP(=O)(O)OCC(COC(=O)CCCC/C=C\C/C=C\C/C=C\C/C=C\CC)OC(=O)CCCCCCC/C=C\C/C=C\C/C=C\CC)OC(=O)CCCCCCC/C=C\C/C=C\CCC. The Morgan fingerprint density at radius 2 is 0.530 bits per heavy atom. The Morgan fingerprint density at radius 1 is 0.290 bits per heavy atom. The fraction of sp³-hybridized carbons (Fsp3) is 0.605. The van der Waals surface area contributed by atoms with Crippen LogP contribution in [0.4, 0.5) is 0 Å². The maximum Gasteiger partial charge on any atom is 0.472 e. The first-order valence-corrected chi connectivity index (χ1v) is 40.4. The van der Waals surface area contributed by atoms with E-state index < -0.39 is 97.5 Å². The molecule has 0 aromatic rings. The van der Waals surface area contributed by atoms with Gasteiger partial charge < -0.3 is 33.8 Å². The molecule has 0 amide bonds. The number of unbranched alkanes of at least 4 members (excludes halogenated alkanes) is 14. The lowest BCUT2D eigenvalue weighted by atomic mass is 10.1. The molecule has 0 saturated heterocycles. The molecule has 0 fully saturated rings. The number of hydrogen-bond donors (Lipinski definition) is 3. The van der Waals surface area contributed by atoms with E-state index in [0.717, 1.165) is 173 Å². The van der Waals surface area contributed by atoms with Crippen LogP contribution < -0.4 is 0 Å². The summed E-state index contributed by atoms with van der Waals surface area (Å²) in [7, 11) is -10.0. The predicted octanol–water partition coefficient (Wildman–Crippen LogP) is 21.4. The lowest BCUT2D eigenvalue weighted by Gasteiger charge is -2.21. The molecule has 5 atom stereocenters. The molecule has 0 rings (SSSR count). The van der Waals surface area contributed by atoms with Gasteiger partial charge in [0.1, 0.15) is 19.3 Å². The largest absolute Gasteiger partial charge is 0.472 e. The number of phosphoric acid groups is 2. The molecule has 0 aromatic heterocycles. The van der Waals surface area contributed by atoms with Crippen molar-refractivity contribution in [2.24, 2.45) is 0 Å². The molecule has 5 unspecified atom stereocenters. The van der Waals surface area contributed by atoms with Gasteiger partial charge in [-0.25, -0.2) is 9.13 Å². The Kier molecular flexibility index (Phi) is 67.8. The molecule has 0 saturated carbocycles. The van der Waals surface area contributed by atoms with Gasteiger partial charge in [-0.1, -0.05) is 243 Å². The molecule has 0 heterocycles. The van der Waals surface area contributed by atoms with Crippen LogP contribution in [0.2, 0.25) is 0 Å². The van der Waals surface area contributed by atoms with Crippen molar-refractivity contribution in [3.05, 3.63) is 170 Å². The number of ether oxygens (including phenoxy) is 4. The van der Waals surface area contributed by atoms with Crippen molar-refractivity contribution in [3.63, 3.8) is 0 Å². The first kappa shape index (κ1) is 94.4. The van der Waals surface area contributed by atoms with E-state index in [2.05, 4.69) is 186 Å². The highest BCUT2D eigenvalue weighted by atomic mass is 31.2. The lowest BCUT2D eigenvalue weighted by Crippen LogP contribution is -2.30. The third kappa shape index (κ3) is 70.8. The van der Waals surface area contributed by atoms with Gasteiger partial charge in [-0.2, -0.15) is 0 Å². The van der Waals surface area contributed by atoms with E-state index >= 15 is 0 Å². The molecule has 100 heavy (non-hydrogen) atoms. The maximum absolute atomic E-state index is 13.1. The summed E-state index contributed by atoms with van der Waals surface area (Å²) in [5, 5.41) is 10.6. The van der Waals surface area contributed by atoms with E-state index in [0.29, 0.717) is 32.1 Å². The van der Waals surface area contributed by atoms with Crippen LogP contribution in [0.3, 0.4) is 0 Å².